The lowest BCUT2D eigenvalue weighted by atomic mass is 9.97. The van der Waals surface area contributed by atoms with Gasteiger partial charge in [-0.05, 0) is 45.2 Å². The number of hydrogen-bond donors (Lipinski definition) is 1. The summed E-state index contributed by atoms with van der Waals surface area (Å²) in [5, 5.41) is 0. The number of likely N-dealkylation sites (tertiary alicyclic amines) is 1. The Kier molecular flexibility index (Phi) is 5.45. The molecule has 3 heteroatoms. The Labute approximate surface area is 87.6 Å². The minimum atomic E-state index is 0.639. The van der Waals surface area contributed by atoms with Crippen LogP contribution in [0.3, 0.4) is 0 Å². The molecule has 3 nitrogen and oxygen atoms in total. The van der Waals surface area contributed by atoms with E-state index in [9.17, 15) is 0 Å². The van der Waals surface area contributed by atoms with Crippen LogP contribution in [0.5, 0.6) is 0 Å². The lowest BCUT2D eigenvalue weighted by Crippen LogP contribution is -2.43. The summed E-state index contributed by atoms with van der Waals surface area (Å²) in [6.07, 6.45) is 3.74. The molecule has 84 valence electrons. The number of nitrogens with two attached hydrogens (primary N) is 1. The Morgan fingerprint density at radius 3 is 3.00 bits per heavy atom. The molecule has 1 aliphatic heterocycles. The first-order chi connectivity index (χ1) is 6.77. The predicted molar refractivity (Wildman–Crippen MR) is 59.3 cm³/mol. The van der Waals surface area contributed by atoms with Crippen molar-refractivity contribution in [3.05, 3.63) is 0 Å². The van der Waals surface area contributed by atoms with Gasteiger partial charge in [0, 0.05) is 19.7 Å². The molecule has 0 aliphatic carbocycles. The van der Waals surface area contributed by atoms with Crippen molar-refractivity contribution < 1.29 is 4.74 Å². The Morgan fingerprint density at radius 1 is 1.57 bits per heavy atom. The Morgan fingerprint density at radius 2 is 2.36 bits per heavy atom. The van der Waals surface area contributed by atoms with Gasteiger partial charge < -0.3 is 15.4 Å². The fourth-order valence-electron chi connectivity index (χ4n) is 2.29. The van der Waals surface area contributed by atoms with Gasteiger partial charge in [0.2, 0.25) is 0 Å². The molecule has 0 saturated carbocycles. The second kappa shape index (κ2) is 6.38. The van der Waals surface area contributed by atoms with Gasteiger partial charge in [-0.1, -0.05) is 0 Å². The highest BCUT2D eigenvalue weighted by atomic mass is 16.5. The SMILES string of the molecule is COCC1CCCN(C(C)CCN)C1. The van der Waals surface area contributed by atoms with Crippen molar-refractivity contribution in [3.8, 4) is 0 Å². The van der Waals surface area contributed by atoms with E-state index in [1.807, 2.05) is 0 Å². The fraction of sp³-hybridized carbons (Fsp3) is 1.00. The molecule has 14 heavy (non-hydrogen) atoms. The lowest BCUT2D eigenvalue weighted by molar-refractivity contribution is 0.0708. The predicted octanol–water partition coefficient (Wildman–Crippen LogP) is 1.08. The van der Waals surface area contributed by atoms with Crippen molar-refractivity contribution in [2.24, 2.45) is 11.7 Å². The standard InChI is InChI=1S/C11H24N2O/c1-10(5-6-12)13-7-3-4-11(8-13)9-14-2/h10-11H,3-9,12H2,1-2H3. The molecule has 0 radical (unpaired) electrons. The number of rotatable bonds is 5. The molecule has 0 aromatic rings. The van der Waals surface area contributed by atoms with Crippen LogP contribution in [0.1, 0.15) is 26.2 Å². The van der Waals surface area contributed by atoms with Crippen LogP contribution in [-0.2, 0) is 4.74 Å². The van der Waals surface area contributed by atoms with Gasteiger partial charge in [-0.25, -0.2) is 0 Å². The van der Waals surface area contributed by atoms with E-state index in [1.165, 1.54) is 25.9 Å². The fourth-order valence-corrected chi connectivity index (χ4v) is 2.29. The first kappa shape index (κ1) is 12.0. The molecule has 1 aliphatic rings. The van der Waals surface area contributed by atoms with Gasteiger partial charge in [-0.2, -0.15) is 0 Å². The van der Waals surface area contributed by atoms with Gasteiger partial charge in [-0.3, -0.25) is 0 Å². The number of nitrogens with zero attached hydrogens (tertiary/aromatic N) is 1. The first-order valence-corrected chi connectivity index (χ1v) is 5.71. The third-order valence-corrected chi connectivity index (χ3v) is 3.16. The molecule has 0 bridgehead atoms. The number of hydrogen-bond acceptors (Lipinski definition) is 3. The van der Waals surface area contributed by atoms with E-state index in [1.54, 1.807) is 7.11 Å². The lowest BCUT2D eigenvalue weighted by Gasteiger charge is -2.36. The van der Waals surface area contributed by atoms with Crippen molar-refractivity contribution >= 4 is 0 Å². The average Bonchev–Trinajstić information content (AvgIpc) is 2.19. The Bertz CT molecular complexity index is 146. The summed E-state index contributed by atoms with van der Waals surface area (Å²) in [5.41, 5.74) is 5.58. The highest BCUT2D eigenvalue weighted by molar-refractivity contribution is 4.76. The molecule has 1 rings (SSSR count). The van der Waals surface area contributed by atoms with Crippen LogP contribution >= 0.6 is 0 Å². The van der Waals surface area contributed by atoms with Crippen LogP contribution in [0, 0.1) is 5.92 Å². The van der Waals surface area contributed by atoms with E-state index in [4.69, 9.17) is 10.5 Å². The largest absolute Gasteiger partial charge is 0.384 e. The van der Waals surface area contributed by atoms with Gasteiger partial charge in [0.25, 0.3) is 0 Å². The minimum absolute atomic E-state index is 0.639. The zero-order chi connectivity index (χ0) is 10.4. The zero-order valence-corrected chi connectivity index (χ0v) is 9.54. The third-order valence-electron chi connectivity index (χ3n) is 3.16. The summed E-state index contributed by atoms with van der Waals surface area (Å²) in [6, 6.07) is 0.639. The average molecular weight is 200 g/mol. The Hall–Kier alpha value is -0.120. The van der Waals surface area contributed by atoms with Crippen molar-refractivity contribution in [1.29, 1.82) is 0 Å². The summed E-state index contributed by atoms with van der Waals surface area (Å²) >= 11 is 0. The molecule has 1 heterocycles. The van der Waals surface area contributed by atoms with Gasteiger partial charge >= 0.3 is 0 Å². The van der Waals surface area contributed by atoms with E-state index >= 15 is 0 Å². The molecule has 0 aromatic heterocycles. The molecule has 2 atom stereocenters. The monoisotopic (exact) mass is 200 g/mol. The smallest absolute Gasteiger partial charge is 0.0502 e. The molecule has 2 unspecified atom stereocenters. The summed E-state index contributed by atoms with van der Waals surface area (Å²) in [6.45, 7) is 6.41. The van der Waals surface area contributed by atoms with Crippen LogP contribution < -0.4 is 5.73 Å². The molecule has 2 N–H and O–H groups in total. The van der Waals surface area contributed by atoms with Crippen LogP contribution in [0.15, 0.2) is 0 Å². The second-order valence-electron chi connectivity index (χ2n) is 4.38. The number of piperidine rings is 1. The van der Waals surface area contributed by atoms with Crippen molar-refractivity contribution in [1.82, 2.24) is 4.90 Å². The highest BCUT2D eigenvalue weighted by Crippen LogP contribution is 2.19. The summed E-state index contributed by atoms with van der Waals surface area (Å²) in [5.74, 6) is 0.731. The van der Waals surface area contributed by atoms with E-state index in [2.05, 4.69) is 11.8 Å². The van der Waals surface area contributed by atoms with Crippen LogP contribution in [0.25, 0.3) is 0 Å². The molecule has 0 aromatic carbocycles. The quantitative estimate of drug-likeness (QED) is 0.722. The summed E-state index contributed by atoms with van der Waals surface area (Å²) in [4.78, 5) is 2.56. The molecule has 1 fully saturated rings. The zero-order valence-electron chi connectivity index (χ0n) is 9.54. The maximum absolute atomic E-state index is 5.58. The van der Waals surface area contributed by atoms with E-state index < -0.39 is 0 Å². The van der Waals surface area contributed by atoms with E-state index in [-0.39, 0.29) is 0 Å². The van der Waals surface area contributed by atoms with Gasteiger partial charge in [-0.15, -0.1) is 0 Å². The summed E-state index contributed by atoms with van der Waals surface area (Å²) in [7, 11) is 1.79. The third kappa shape index (κ3) is 3.56. The molecule has 1 saturated heterocycles. The van der Waals surface area contributed by atoms with Crippen molar-refractivity contribution in [2.45, 2.75) is 32.2 Å². The van der Waals surface area contributed by atoms with Crippen molar-refractivity contribution in [2.75, 3.05) is 33.4 Å². The van der Waals surface area contributed by atoms with Crippen LogP contribution in [-0.4, -0.2) is 44.3 Å². The summed E-state index contributed by atoms with van der Waals surface area (Å²) < 4.78 is 5.22. The second-order valence-corrected chi connectivity index (χ2v) is 4.38. The number of ether oxygens (including phenoxy) is 1. The normalized spacial score (nSPS) is 26.4. The van der Waals surface area contributed by atoms with Gasteiger partial charge in [0.15, 0.2) is 0 Å². The molecule has 0 spiro atoms. The topological polar surface area (TPSA) is 38.5 Å². The minimum Gasteiger partial charge on any atom is -0.384 e. The maximum atomic E-state index is 5.58. The number of methoxy groups -OCH3 is 1. The van der Waals surface area contributed by atoms with Crippen LogP contribution in [0.4, 0.5) is 0 Å². The first-order valence-electron chi connectivity index (χ1n) is 5.71. The molecular weight excluding hydrogens is 176 g/mol. The molecular formula is C11H24N2O. The van der Waals surface area contributed by atoms with Crippen LogP contribution in [0.2, 0.25) is 0 Å². The molecule has 0 amide bonds. The van der Waals surface area contributed by atoms with E-state index in [0.29, 0.717) is 6.04 Å². The van der Waals surface area contributed by atoms with E-state index in [0.717, 1.165) is 25.5 Å². The Balaban J connectivity index is 2.31. The van der Waals surface area contributed by atoms with Gasteiger partial charge in [0.05, 0.1) is 6.61 Å². The highest BCUT2D eigenvalue weighted by Gasteiger charge is 2.22. The van der Waals surface area contributed by atoms with Crippen molar-refractivity contribution in [3.63, 3.8) is 0 Å². The maximum Gasteiger partial charge on any atom is 0.0502 e. The van der Waals surface area contributed by atoms with Gasteiger partial charge in [0.1, 0.15) is 0 Å².